The highest BCUT2D eigenvalue weighted by Crippen LogP contribution is 2.29. The molecule has 0 aromatic rings. The predicted octanol–water partition coefficient (Wildman–Crippen LogP) is 2.74. The van der Waals surface area contributed by atoms with Gasteiger partial charge in [-0.2, -0.15) is 0 Å². The van der Waals surface area contributed by atoms with E-state index in [9.17, 15) is 0 Å². The van der Waals surface area contributed by atoms with Crippen LogP contribution < -0.4 is 5.32 Å². The van der Waals surface area contributed by atoms with Crippen molar-refractivity contribution in [1.29, 1.82) is 0 Å². The summed E-state index contributed by atoms with van der Waals surface area (Å²) in [6, 6.07) is 0.792. The Kier molecular flexibility index (Phi) is 6.37. The smallest absolute Gasteiger partial charge is 0.0104 e. The average Bonchev–Trinajstić information content (AvgIpc) is 2.29. The summed E-state index contributed by atoms with van der Waals surface area (Å²) in [6.07, 6.45) is 5.63. The molecule has 0 heterocycles. The van der Waals surface area contributed by atoms with Gasteiger partial charge in [-0.05, 0) is 51.1 Å². The van der Waals surface area contributed by atoms with Gasteiger partial charge in [-0.3, -0.25) is 0 Å². The van der Waals surface area contributed by atoms with Gasteiger partial charge in [0.1, 0.15) is 0 Å². The first-order valence-electron chi connectivity index (χ1n) is 7.05. The Hall–Kier alpha value is -0.0800. The van der Waals surface area contributed by atoms with Crippen LogP contribution in [-0.4, -0.2) is 37.6 Å². The highest BCUT2D eigenvalue weighted by Gasteiger charge is 2.22. The van der Waals surface area contributed by atoms with Gasteiger partial charge in [-0.1, -0.05) is 20.8 Å². The summed E-state index contributed by atoms with van der Waals surface area (Å²) in [7, 11) is 2.19. The molecule has 0 radical (unpaired) electrons. The fraction of sp³-hybridized carbons (Fsp3) is 1.00. The minimum absolute atomic E-state index is 0.792. The van der Waals surface area contributed by atoms with Crippen molar-refractivity contribution in [2.24, 2.45) is 11.8 Å². The van der Waals surface area contributed by atoms with Crippen LogP contribution in [0.5, 0.6) is 0 Å². The van der Waals surface area contributed by atoms with E-state index in [0.29, 0.717) is 0 Å². The lowest BCUT2D eigenvalue weighted by atomic mass is 9.80. The molecule has 16 heavy (non-hydrogen) atoms. The third-order valence-electron chi connectivity index (χ3n) is 4.18. The molecule has 0 amide bonds. The molecule has 96 valence electrons. The Morgan fingerprint density at radius 3 is 2.31 bits per heavy atom. The van der Waals surface area contributed by atoms with Crippen molar-refractivity contribution in [3.05, 3.63) is 0 Å². The van der Waals surface area contributed by atoms with Crippen LogP contribution >= 0.6 is 0 Å². The maximum atomic E-state index is 3.70. The Balaban J connectivity index is 2.08. The quantitative estimate of drug-likeness (QED) is 0.749. The third-order valence-corrected chi connectivity index (χ3v) is 4.18. The fourth-order valence-electron chi connectivity index (χ4n) is 2.61. The summed E-state index contributed by atoms with van der Waals surface area (Å²) < 4.78 is 0. The first-order valence-corrected chi connectivity index (χ1v) is 7.05. The van der Waals surface area contributed by atoms with Crippen LogP contribution in [0.3, 0.4) is 0 Å². The van der Waals surface area contributed by atoms with Crippen molar-refractivity contribution in [1.82, 2.24) is 10.2 Å². The van der Waals surface area contributed by atoms with Crippen molar-refractivity contribution in [3.63, 3.8) is 0 Å². The number of nitrogens with one attached hydrogen (secondary N) is 1. The second-order valence-electron chi connectivity index (χ2n) is 5.71. The van der Waals surface area contributed by atoms with Gasteiger partial charge >= 0.3 is 0 Å². The van der Waals surface area contributed by atoms with Gasteiger partial charge in [-0.15, -0.1) is 0 Å². The normalized spacial score (nSPS) is 26.6. The Labute approximate surface area is 102 Å². The van der Waals surface area contributed by atoms with E-state index in [2.05, 4.69) is 38.0 Å². The Morgan fingerprint density at radius 2 is 1.81 bits per heavy atom. The van der Waals surface area contributed by atoms with Crippen LogP contribution in [0, 0.1) is 11.8 Å². The molecule has 1 N–H and O–H groups in total. The summed E-state index contributed by atoms with van der Waals surface area (Å²) in [6.45, 7) is 10.4. The van der Waals surface area contributed by atoms with Gasteiger partial charge < -0.3 is 10.2 Å². The van der Waals surface area contributed by atoms with Gasteiger partial charge in [0.25, 0.3) is 0 Å². The molecule has 1 aliphatic rings. The largest absolute Gasteiger partial charge is 0.313 e. The molecular formula is C14H30N2. The van der Waals surface area contributed by atoms with E-state index in [0.717, 1.165) is 31.0 Å². The highest BCUT2D eigenvalue weighted by molar-refractivity contribution is 4.78. The second-order valence-corrected chi connectivity index (χ2v) is 5.71. The summed E-state index contributed by atoms with van der Waals surface area (Å²) in [5, 5.41) is 3.70. The second kappa shape index (κ2) is 7.29. The number of rotatable bonds is 6. The standard InChI is InChI=1S/C14H30N2/c1-5-16(4)11-10-15-14-8-6-13(7-9-14)12(2)3/h12-15H,5-11H2,1-4H3. The third kappa shape index (κ3) is 4.84. The molecule has 1 rings (SSSR count). The molecule has 0 aromatic heterocycles. The van der Waals surface area contributed by atoms with E-state index in [4.69, 9.17) is 0 Å². The average molecular weight is 226 g/mol. The Morgan fingerprint density at radius 1 is 1.19 bits per heavy atom. The molecule has 0 unspecified atom stereocenters. The van der Waals surface area contributed by atoms with Crippen LogP contribution in [0.2, 0.25) is 0 Å². The molecule has 2 heteroatoms. The molecule has 0 aromatic carbocycles. The van der Waals surface area contributed by atoms with E-state index in [1.54, 1.807) is 0 Å². The molecule has 0 saturated heterocycles. The van der Waals surface area contributed by atoms with E-state index in [1.165, 1.54) is 32.2 Å². The highest BCUT2D eigenvalue weighted by atomic mass is 15.1. The molecule has 0 bridgehead atoms. The molecule has 0 aliphatic heterocycles. The summed E-state index contributed by atoms with van der Waals surface area (Å²) in [5.74, 6) is 1.86. The monoisotopic (exact) mass is 226 g/mol. The van der Waals surface area contributed by atoms with Crippen molar-refractivity contribution < 1.29 is 0 Å². The topological polar surface area (TPSA) is 15.3 Å². The van der Waals surface area contributed by atoms with E-state index >= 15 is 0 Å². The molecule has 0 atom stereocenters. The number of hydrogen-bond donors (Lipinski definition) is 1. The Bertz CT molecular complexity index is 172. The van der Waals surface area contributed by atoms with Crippen molar-refractivity contribution in [2.75, 3.05) is 26.7 Å². The van der Waals surface area contributed by atoms with Crippen molar-refractivity contribution in [3.8, 4) is 0 Å². The van der Waals surface area contributed by atoms with Gasteiger partial charge in [0.05, 0.1) is 0 Å². The SMILES string of the molecule is CCN(C)CCNC1CCC(C(C)C)CC1. The van der Waals surface area contributed by atoms with Gasteiger partial charge in [0.15, 0.2) is 0 Å². The van der Waals surface area contributed by atoms with Gasteiger partial charge in [0.2, 0.25) is 0 Å². The lowest BCUT2D eigenvalue weighted by molar-refractivity contribution is 0.233. The molecule has 1 fully saturated rings. The van der Waals surface area contributed by atoms with Crippen molar-refractivity contribution in [2.45, 2.75) is 52.5 Å². The molecule has 1 aliphatic carbocycles. The zero-order valence-electron chi connectivity index (χ0n) is 11.6. The first kappa shape index (κ1) is 14.0. The maximum Gasteiger partial charge on any atom is 0.0104 e. The van der Waals surface area contributed by atoms with Crippen molar-refractivity contribution >= 4 is 0 Å². The minimum atomic E-state index is 0.792. The lowest BCUT2D eigenvalue weighted by Crippen LogP contribution is -2.38. The molecule has 2 nitrogen and oxygen atoms in total. The fourth-order valence-corrected chi connectivity index (χ4v) is 2.61. The van der Waals surface area contributed by atoms with Gasteiger partial charge in [-0.25, -0.2) is 0 Å². The number of nitrogens with zero attached hydrogens (tertiary/aromatic N) is 1. The molecule has 1 saturated carbocycles. The minimum Gasteiger partial charge on any atom is -0.313 e. The number of hydrogen-bond acceptors (Lipinski definition) is 2. The van der Waals surface area contributed by atoms with Crippen LogP contribution in [0.25, 0.3) is 0 Å². The number of likely N-dealkylation sites (N-methyl/N-ethyl adjacent to an activating group) is 1. The van der Waals surface area contributed by atoms with Crippen LogP contribution in [-0.2, 0) is 0 Å². The van der Waals surface area contributed by atoms with E-state index < -0.39 is 0 Å². The zero-order valence-corrected chi connectivity index (χ0v) is 11.6. The summed E-state index contributed by atoms with van der Waals surface area (Å²) in [5.41, 5.74) is 0. The van der Waals surface area contributed by atoms with E-state index in [-0.39, 0.29) is 0 Å². The van der Waals surface area contributed by atoms with E-state index in [1.807, 2.05) is 0 Å². The van der Waals surface area contributed by atoms with Crippen LogP contribution in [0.4, 0.5) is 0 Å². The maximum absolute atomic E-state index is 3.70. The lowest BCUT2D eigenvalue weighted by Gasteiger charge is -2.31. The predicted molar refractivity (Wildman–Crippen MR) is 71.8 cm³/mol. The molecular weight excluding hydrogens is 196 g/mol. The van der Waals surface area contributed by atoms with Gasteiger partial charge in [0, 0.05) is 19.1 Å². The zero-order chi connectivity index (χ0) is 12.0. The summed E-state index contributed by atoms with van der Waals surface area (Å²) in [4.78, 5) is 2.37. The van der Waals surface area contributed by atoms with Crippen LogP contribution in [0.15, 0.2) is 0 Å². The van der Waals surface area contributed by atoms with Crippen LogP contribution in [0.1, 0.15) is 46.5 Å². The summed E-state index contributed by atoms with van der Waals surface area (Å²) >= 11 is 0. The first-order chi connectivity index (χ1) is 7.63. The molecule has 0 spiro atoms.